The second kappa shape index (κ2) is 11.5. The Labute approximate surface area is 230 Å². The highest BCUT2D eigenvalue weighted by Gasteiger charge is 2.37. The zero-order valence-electron chi connectivity index (χ0n) is 21.7. The van der Waals surface area contributed by atoms with Gasteiger partial charge in [0.2, 0.25) is 15.9 Å². The van der Waals surface area contributed by atoms with Gasteiger partial charge in [0.05, 0.1) is 17.5 Å². The molecule has 0 bridgehead atoms. The Balaban J connectivity index is 1.54. The maximum atomic E-state index is 13.9. The molecule has 1 saturated heterocycles. The van der Waals surface area contributed by atoms with Crippen molar-refractivity contribution in [1.29, 1.82) is 0 Å². The topological polar surface area (TPSA) is 106 Å². The van der Waals surface area contributed by atoms with E-state index in [2.05, 4.69) is 10.2 Å². The van der Waals surface area contributed by atoms with Gasteiger partial charge in [-0.1, -0.05) is 29.8 Å². The second-order valence-electron chi connectivity index (χ2n) is 10.1. The number of rotatable bonds is 7. The molecule has 1 amide bonds. The number of anilines is 1. The molecule has 1 aliphatic heterocycles. The van der Waals surface area contributed by atoms with E-state index in [-0.39, 0.29) is 38.4 Å². The summed E-state index contributed by atoms with van der Waals surface area (Å²) in [5, 5.41) is 6.63. The van der Waals surface area contributed by atoms with Crippen LogP contribution in [0.3, 0.4) is 0 Å². The lowest BCUT2D eigenvalue weighted by atomic mass is 10.1. The zero-order valence-corrected chi connectivity index (χ0v) is 23.3. The van der Waals surface area contributed by atoms with Gasteiger partial charge >= 0.3 is 12.5 Å². The first-order valence-electron chi connectivity index (χ1n) is 12.3. The van der Waals surface area contributed by atoms with Crippen LogP contribution >= 0.6 is 11.6 Å². The van der Waals surface area contributed by atoms with E-state index in [0.29, 0.717) is 21.8 Å². The quantitative estimate of drug-likeness (QED) is 0.333. The zero-order chi connectivity index (χ0) is 28.4. The van der Waals surface area contributed by atoms with Crippen LogP contribution in [0.25, 0.3) is 11.5 Å². The number of aromatic nitrogens is 2. The molecule has 1 fully saturated rings. The average Bonchev–Trinajstić information content (AvgIpc) is 3.37. The molecule has 1 aromatic heterocycles. The molecule has 9 nitrogen and oxygen atoms in total. The monoisotopic (exact) mass is 582 g/mol. The van der Waals surface area contributed by atoms with Gasteiger partial charge < -0.3 is 14.1 Å². The number of amides is 1. The molecule has 0 spiro atoms. The Bertz CT molecular complexity index is 1400. The van der Waals surface area contributed by atoms with Crippen molar-refractivity contribution in [3.8, 4) is 11.5 Å². The normalized spacial score (nSPS) is 15.0. The number of nitrogens with zero attached hydrogens (tertiary/aromatic N) is 4. The van der Waals surface area contributed by atoms with Gasteiger partial charge in [-0.25, -0.2) is 13.2 Å². The minimum Gasteiger partial charge on any atom is -0.444 e. The Hall–Kier alpha value is -3.25. The van der Waals surface area contributed by atoms with Gasteiger partial charge in [-0.15, -0.1) is 10.2 Å². The van der Waals surface area contributed by atoms with E-state index in [1.54, 1.807) is 69.3 Å². The number of hydrogen-bond donors (Lipinski definition) is 0. The minimum absolute atomic E-state index is 0.00134. The van der Waals surface area contributed by atoms with Crippen molar-refractivity contribution in [3.05, 3.63) is 65.0 Å². The molecule has 13 heteroatoms. The van der Waals surface area contributed by atoms with E-state index >= 15 is 0 Å². The van der Waals surface area contributed by atoms with Crippen molar-refractivity contribution < 1.29 is 31.1 Å². The highest BCUT2D eigenvalue weighted by Crippen LogP contribution is 2.31. The fraction of sp³-hybridized carbons (Fsp3) is 0.423. The molecule has 4 rings (SSSR count). The fourth-order valence-corrected chi connectivity index (χ4v) is 6.25. The minimum atomic E-state index is -3.87. The molecule has 0 radical (unpaired) electrons. The van der Waals surface area contributed by atoms with Crippen LogP contribution in [0.4, 0.5) is 19.3 Å². The number of likely N-dealkylation sites (tertiary alicyclic amines) is 1. The number of benzene rings is 2. The van der Waals surface area contributed by atoms with E-state index in [1.165, 1.54) is 9.21 Å². The highest BCUT2D eigenvalue weighted by atomic mass is 35.5. The first-order chi connectivity index (χ1) is 18.3. The van der Waals surface area contributed by atoms with Gasteiger partial charge in [-0.2, -0.15) is 8.78 Å². The number of alkyl halides is 2. The van der Waals surface area contributed by atoms with Gasteiger partial charge in [-0.3, -0.25) is 4.31 Å². The molecule has 0 unspecified atom stereocenters. The van der Waals surface area contributed by atoms with Crippen LogP contribution in [0.2, 0.25) is 5.02 Å². The fourth-order valence-electron chi connectivity index (χ4n) is 4.16. The number of carbonyl (C=O) groups is 1. The van der Waals surface area contributed by atoms with Gasteiger partial charge in [0.15, 0.2) is 0 Å². The standard InChI is InChI=1S/C26H29ClF2N4O5S/c1-26(2,3)38-25(34)32-13-11-21(12-14-32)39(35,36)33(20-6-4-5-19(27)15-20)16-17-7-9-18(10-8-17)23-30-31-24(37-23)22(28)29/h4-10,15,21-22H,11-14,16H2,1-3H3. The molecule has 1 aliphatic rings. The molecule has 0 N–H and O–H groups in total. The first kappa shape index (κ1) is 28.8. The Morgan fingerprint density at radius 2 is 1.82 bits per heavy atom. The number of piperidine rings is 1. The summed E-state index contributed by atoms with van der Waals surface area (Å²) in [6.07, 6.45) is -2.84. The predicted molar refractivity (Wildman–Crippen MR) is 142 cm³/mol. The Morgan fingerprint density at radius 1 is 1.15 bits per heavy atom. The summed E-state index contributed by atoms with van der Waals surface area (Å²) in [4.78, 5) is 14.0. The van der Waals surface area contributed by atoms with Crippen molar-refractivity contribution >= 4 is 33.4 Å². The summed E-state index contributed by atoms with van der Waals surface area (Å²) >= 11 is 6.19. The molecular weight excluding hydrogens is 554 g/mol. The van der Waals surface area contributed by atoms with Crippen LogP contribution in [0, 0.1) is 0 Å². The van der Waals surface area contributed by atoms with Gasteiger partial charge in [0.25, 0.3) is 5.89 Å². The van der Waals surface area contributed by atoms with Crippen LogP contribution < -0.4 is 4.31 Å². The molecular formula is C26H29ClF2N4O5S. The smallest absolute Gasteiger partial charge is 0.410 e. The van der Waals surface area contributed by atoms with Crippen LogP contribution in [-0.2, 0) is 21.3 Å². The molecule has 0 atom stereocenters. The van der Waals surface area contributed by atoms with E-state index in [1.807, 2.05) is 0 Å². The van der Waals surface area contributed by atoms with Crippen molar-refractivity contribution in [2.75, 3.05) is 17.4 Å². The third-order valence-corrected chi connectivity index (χ3v) is 8.58. The second-order valence-corrected chi connectivity index (χ2v) is 12.7. The lowest BCUT2D eigenvalue weighted by Crippen LogP contribution is -2.48. The number of ether oxygens (including phenoxy) is 1. The predicted octanol–water partition coefficient (Wildman–Crippen LogP) is 6.06. The summed E-state index contributed by atoms with van der Waals surface area (Å²) < 4.78 is 65.1. The summed E-state index contributed by atoms with van der Waals surface area (Å²) in [5.41, 5.74) is 0.819. The SMILES string of the molecule is CC(C)(C)OC(=O)N1CCC(S(=O)(=O)N(Cc2ccc(-c3nnc(C(F)F)o3)cc2)c2cccc(Cl)c2)CC1. The average molecular weight is 583 g/mol. The van der Waals surface area contributed by atoms with Crippen LogP contribution in [0.5, 0.6) is 0 Å². The summed E-state index contributed by atoms with van der Waals surface area (Å²) in [6.45, 7) is 5.84. The van der Waals surface area contributed by atoms with Crippen LogP contribution in [0.15, 0.2) is 52.9 Å². The summed E-state index contributed by atoms with van der Waals surface area (Å²) in [5.74, 6) is -0.835. The third-order valence-electron chi connectivity index (χ3n) is 6.07. The van der Waals surface area contributed by atoms with E-state index in [9.17, 15) is 22.0 Å². The maximum absolute atomic E-state index is 13.9. The number of carbonyl (C=O) groups excluding carboxylic acids is 1. The largest absolute Gasteiger partial charge is 0.444 e. The van der Waals surface area contributed by atoms with E-state index in [4.69, 9.17) is 20.8 Å². The van der Waals surface area contributed by atoms with Crippen LogP contribution in [-0.4, -0.2) is 53.5 Å². The van der Waals surface area contributed by atoms with E-state index < -0.39 is 39.3 Å². The molecule has 0 aliphatic carbocycles. The molecule has 3 aromatic rings. The highest BCUT2D eigenvalue weighted by molar-refractivity contribution is 7.93. The van der Waals surface area contributed by atoms with Crippen molar-refractivity contribution in [2.24, 2.45) is 0 Å². The molecule has 0 saturated carbocycles. The third kappa shape index (κ3) is 7.04. The van der Waals surface area contributed by atoms with Gasteiger partial charge in [-0.05, 0) is 69.5 Å². The molecule has 2 heterocycles. The first-order valence-corrected chi connectivity index (χ1v) is 14.2. The van der Waals surface area contributed by atoms with Crippen LogP contribution in [0.1, 0.15) is 51.5 Å². The number of sulfonamides is 1. The molecule has 2 aromatic carbocycles. The Morgan fingerprint density at radius 3 is 2.38 bits per heavy atom. The van der Waals surface area contributed by atoms with Crippen molar-refractivity contribution in [2.45, 2.75) is 57.4 Å². The van der Waals surface area contributed by atoms with Crippen molar-refractivity contribution in [1.82, 2.24) is 15.1 Å². The Kier molecular flexibility index (Phi) is 8.45. The number of hydrogen-bond acceptors (Lipinski definition) is 7. The lowest BCUT2D eigenvalue weighted by Gasteiger charge is -2.36. The number of halogens is 3. The maximum Gasteiger partial charge on any atom is 0.410 e. The van der Waals surface area contributed by atoms with E-state index in [0.717, 1.165) is 0 Å². The lowest BCUT2D eigenvalue weighted by molar-refractivity contribution is 0.0217. The summed E-state index contributed by atoms with van der Waals surface area (Å²) in [6, 6.07) is 13.1. The summed E-state index contributed by atoms with van der Waals surface area (Å²) in [7, 11) is -3.87. The molecule has 39 heavy (non-hydrogen) atoms. The van der Waals surface area contributed by atoms with Gasteiger partial charge in [0, 0.05) is 23.7 Å². The van der Waals surface area contributed by atoms with Crippen molar-refractivity contribution in [3.63, 3.8) is 0 Å². The van der Waals surface area contributed by atoms with Gasteiger partial charge in [0.1, 0.15) is 5.60 Å². The molecule has 210 valence electrons.